The summed E-state index contributed by atoms with van der Waals surface area (Å²) in [6.07, 6.45) is 4.47. The standard InChI is InChI=1S/C17H20N2/c1-13-7-8-14(11-18-13)12-19-17-9-16(10-17)15-5-3-2-4-6-15/h2-8,11,16-17,19H,9-10,12H2,1H3. The molecule has 0 atom stereocenters. The molecule has 0 spiro atoms. The van der Waals surface area contributed by atoms with E-state index in [1.54, 1.807) is 0 Å². The quantitative estimate of drug-likeness (QED) is 0.901. The number of aryl methyl sites for hydroxylation is 1. The van der Waals surface area contributed by atoms with Crippen molar-refractivity contribution < 1.29 is 0 Å². The first kappa shape index (κ1) is 12.4. The normalized spacial score (nSPS) is 21.9. The van der Waals surface area contributed by atoms with Crippen LogP contribution in [0.2, 0.25) is 0 Å². The highest BCUT2D eigenvalue weighted by molar-refractivity contribution is 5.23. The van der Waals surface area contributed by atoms with Gasteiger partial charge in [-0.15, -0.1) is 0 Å². The maximum Gasteiger partial charge on any atom is 0.0372 e. The molecule has 1 aromatic heterocycles. The fourth-order valence-electron chi connectivity index (χ4n) is 2.65. The summed E-state index contributed by atoms with van der Waals surface area (Å²) < 4.78 is 0. The highest BCUT2D eigenvalue weighted by Crippen LogP contribution is 2.36. The topological polar surface area (TPSA) is 24.9 Å². The fourth-order valence-corrected chi connectivity index (χ4v) is 2.65. The fraction of sp³-hybridized carbons (Fsp3) is 0.353. The van der Waals surface area contributed by atoms with E-state index in [4.69, 9.17) is 0 Å². The molecule has 0 bridgehead atoms. The van der Waals surface area contributed by atoms with Gasteiger partial charge in [-0.1, -0.05) is 36.4 Å². The van der Waals surface area contributed by atoms with E-state index >= 15 is 0 Å². The third-order valence-corrected chi connectivity index (χ3v) is 3.98. The average molecular weight is 252 g/mol. The van der Waals surface area contributed by atoms with Gasteiger partial charge in [0.1, 0.15) is 0 Å². The summed E-state index contributed by atoms with van der Waals surface area (Å²) in [6.45, 7) is 2.95. The van der Waals surface area contributed by atoms with Crippen LogP contribution < -0.4 is 5.32 Å². The van der Waals surface area contributed by atoms with Gasteiger partial charge >= 0.3 is 0 Å². The van der Waals surface area contributed by atoms with Crippen LogP contribution in [-0.2, 0) is 6.54 Å². The molecule has 1 N–H and O–H groups in total. The molecule has 0 radical (unpaired) electrons. The van der Waals surface area contributed by atoms with Crippen LogP contribution in [0.25, 0.3) is 0 Å². The SMILES string of the molecule is Cc1ccc(CNC2CC(c3ccccc3)C2)cn1. The zero-order valence-corrected chi connectivity index (χ0v) is 11.3. The minimum Gasteiger partial charge on any atom is -0.310 e. The Kier molecular flexibility index (Phi) is 3.60. The van der Waals surface area contributed by atoms with Gasteiger partial charge in [0.15, 0.2) is 0 Å². The lowest BCUT2D eigenvalue weighted by atomic mass is 9.76. The van der Waals surface area contributed by atoms with Crippen LogP contribution in [0, 0.1) is 6.92 Å². The van der Waals surface area contributed by atoms with Crippen molar-refractivity contribution in [1.29, 1.82) is 0 Å². The van der Waals surface area contributed by atoms with Gasteiger partial charge in [-0.25, -0.2) is 0 Å². The van der Waals surface area contributed by atoms with Crippen LogP contribution in [0.15, 0.2) is 48.7 Å². The van der Waals surface area contributed by atoms with Gasteiger partial charge in [0.05, 0.1) is 0 Å². The number of nitrogens with one attached hydrogen (secondary N) is 1. The Morgan fingerprint density at radius 3 is 2.58 bits per heavy atom. The summed E-state index contributed by atoms with van der Waals surface area (Å²) in [7, 11) is 0. The molecule has 1 aromatic carbocycles. The summed E-state index contributed by atoms with van der Waals surface area (Å²) in [5.74, 6) is 0.745. The Morgan fingerprint density at radius 2 is 1.89 bits per heavy atom. The van der Waals surface area contributed by atoms with E-state index < -0.39 is 0 Å². The van der Waals surface area contributed by atoms with Crippen LogP contribution in [0.4, 0.5) is 0 Å². The first-order valence-electron chi connectivity index (χ1n) is 7.01. The minimum atomic E-state index is 0.659. The number of aromatic nitrogens is 1. The number of hydrogen-bond donors (Lipinski definition) is 1. The minimum absolute atomic E-state index is 0.659. The van der Waals surface area contributed by atoms with E-state index in [9.17, 15) is 0 Å². The highest BCUT2D eigenvalue weighted by atomic mass is 14.9. The summed E-state index contributed by atoms with van der Waals surface area (Å²) in [5, 5.41) is 3.61. The van der Waals surface area contributed by atoms with Crippen molar-refractivity contribution in [3.8, 4) is 0 Å². The van der Waals surface area contributed by atoms with E-state index in [2.05, 4.69) is 52.8 Å². The molecular weight excluding hydrogens is 232 g/mol. The Bertz CT molecular complexity index is 513. The van der Waals surface area contributed by atoms with E-state index in [0.29, 0.717) is 6.04 Å². The zero-order valence-electron chi connectivity index (χ0n) is 11.3. The lowest BCUT2D eigenvalue weighted by Crippen LogP contribution is -2.39. The molecule has 0 amide bonds. The molecule has 3 rings (SSSR count). The van der Waals surface area contributed by atoms with Crippen molar-refractivity contribution in [2.75, 3.05) is 0 Å². The van der Waals surface area contributed by atoms with E-state index in [1.807, 2.05) is 13.1 Å². The molecule has 19 heavy (non-hydrogen) atoms. The molecule has 1 aliphatic rings. The molecule has 2 nitrogen and oxygen atoms in total. The number of benzene rings is 1. The van der Waals surface area contributed by atoms with Gasteiger partial charge in [-0.2, -0.15) is 0 Å². The van der Waals surface area contributed by atoms with Crippen LogP contribution in [0.5, 0.6) is 0 Å². The van der Waals surface area contributed by atoms with Crippen molar-refractivity contribution in [3.05, 3.63) is 65.5 Å². The summed E-state index contributed by atoms with van der Waals surface area (Å²) >= 11 is 0. The maximum atomic E-state index is 4.32. The molecule has 0 unspecified atom stereocenters. The van der Waals surface area contributed by atoms with Crippen LogP contribution in [0.3, 0.4) is 0 Å². The van der Waals surface area contributed by atoms with Gasteiger partial charge in [0, 0.05) is 24.5 Å². The van der Waals surface area contributed by atoms with Gasteiger partial charge in [0.25, 0.3) is 0 Å². The summed E-state index contributed by atoms with van der Waals surface area (Å²) in [5.41, 5.74) is 3.84. The van der Waals surface area contributed by atoms with Crippen molar-refractivity contribution in [2.45, 2.75) is 38.3 Å². The Morgan fingerprint density at radius 1 is 1.11 bits per heavy atom. The predicted octanol–water partition coefficient (Wildman–Crippen LogP) is 3.43. The smallest absolute Gasteiger partial charge is 0.0372 e. The lowest BCUT2D eigenvalue weighted by molar-refractivity contribution is 0.289. The summed E-state index contributed by atoms with van der Waals surface area (Å²) in [4.78, 5) is 4.32. The first-order chi connectivity index (χ1) is 9.31. The molecule has 1 saturated carbocycles. The monoisotopic (exact) mass is 252 g/mol. The van der Waals surface area contributed by atoms with Crippen LogP contribution in [-0.4, -0.2) is 11.0 Å². The second kappa shape index (κ2) is 5.54. The van der Waals surface area contributed by atoms with Gasteiger partial charge < -0.3 is 5.32 Å². The van der Waals surface area contributed by atoms with E-state index in [-0.39, 0.29) is 0 Å². The number of rotatable bonds is 4. The first-order valence-corrected chi connectivity index (χ1v) is 7.01. The third-order valence-electron chi connectivity index (χ3n) is 3.98. The second-order valence-electron chi connectivity index (χ2n) is 5.46. The Labute approximate surface area is 114 Å². The molecule has 1 fully saturated rings. The maximum absolute atomic E-state index is 4.32. The highest BCUT2D eigenvalue weighted by Gasteiger charge is 2.29. The van der Waals surface area contributed by atoms with Crippen molar-refractivity contribution >= 4 is 0 Å². The molecular formula is C17H20N2. The van der Waals surface area contributed by atoms with Crippen LogP contribution in [0.1, 0.15) is 35.6 Å². The van der Waals surface area contributed by atoms with E-state index in [1.165, 1.54) is 24.0 Å². The lowest BCUT2D eigenvalue weighted by Gasteiger charge is -2.36. The second-order valence-corrected chi connectivity index (χ2v) is 5.46. The number of pyridine rings is 1. The van der Waals surface area contributed by atoms with Crippen molar-refractivity contribution in [2.24, 2.45) is 0 Å². The third kappa shape index (κ3) is 3.02. The van der Waals surface area contributed by atoms with E-state index in [0.717, 1.165) is 18.2 Å². The van der Waals surface area contributed by atoms with Gasteiger partial charge in [-0.3, -0.25) is 4.98 Å². The molecule has 1 aliphatic carbocycles. The molecule has 0 saturated heterocycles. The molecule has 0 aliphatic heterocycles. The Hall–Kier alpha value is -1.67. The summed E-state index contributed by atoms with van der Waals surface area (Å²) in [6, 6.07) is 15.7. The zero-order chi connectivity index (χ0) is 13.1. The Balaban J connectivity index is 1.46. The largest absolute Gasteiger partial charge is 0.310 e. The van der Waals surface area contributed by atoms with Gasteiger partial charge in [0.2, 0.25) is 0 Å². The average Bonchev–Trinajstić information content (AvgIpc) is 2.40. The molecule has 98 valence electrons. The molecule has 2 heteroatoms. The van der Waals surface area contributed by atoms with Crippen molar-refractivity contribution in [3.63, 3.8) is 0 Å². The number of nitrogens with zero attached hydrogens (tertiary/aromatic N) is 1. The predicted molar refractivity (Wildman–Crippen MR) is 78.0 cm³/mol. The van der Waals surface area contributed by atoms with Gasteiger partial charge in [-0.05, 0) is 42.9 Å². The molecule has 2 aromatic rings. The van der Waals surface area contributed by atoms with Crippen LogP contribution >= 0.6 is 0 Å². The van der Waals surface area contributed by atoms with Crippen molar-refractivity contribution in [1.82, 2.24) is 10.3 Å². The number of hydrogen-bond acceptors (Lipinski definition) is 2. The molecule has 1 heterocycles.